The molecule has 0 spiro atoms. The molecule has 1 fully saturated rings. The Morgan fingerprint density at radius 2 is 1.87 bits per heavy atom. The fraction of sp³-hybridized carbons (Fsp3) is 0.233. The molecule has 2 aromatic heterocycles. The zero-order valence-corrected chi connectivity index (χ0v) is 21.7. The van der Waals surface area contributed by atoms with Crippen LogP contribution in [0, 0.1) is 18.2 Å². The van der Waals surface area contributed by atoms with E-state index in [0.717, 1.165) is 22.5 Å². The van der Waals surface area contributed by atoms with Crippen molar-refractivity contribution in [3.8, 4) is 5.69 Å². The van der Waals surface area contributed by atoms with Crippen molar-refractivity contribution in [3.05, 3.63) is 113 Å². The quantitative estimate of drug-likeness (QED) is 0.318. The Hall–Kier alpha value is -3.91. The van der Waals surface area contributed by atoms with Crippen LogP contribution in [0.5, 0.6) is 0 Å². The van der Waals surface area contributed by atoms with Gasteiger partial charge in [-0.2, -0.15) is 0 Å². The summed E-state index contributed by atoms with van der Waals surface area (Å²) in [4.78, 5) is 23.4. The van der Waals surface area contributed by atoms with Gasteiger partial charge in [0.1, 0.15) is 11.5 Å². The van der Waals surface area contributed by atoms with E-state index in [-0.39, 0.29) is 29.3 Å². The Bertz CT molecular complexity index is 1680. The van der Waals surface area contributed by atoms with Gasteiger partial charge in [0.05, 0.1) is 33.3 Å². The Labute approximate surface area is 220 Å². The average Bonchev–Trinajstić information content (AvgIpc) is 3.34. The number of nitrogens with zero attached hydrogens (tertiary/aromatic N) is 3. The first-order valence-corrected chi connectivity index (χ1v) is 14.1. The van der Waals surface area contributed by atoms with Crippen LogP contribution in [-0.2, 0) is 16.3 Å². The smallest absolute Gasteiger partial charge is 0.191 e. The first kappa shape index (κ1) is 24.4. The topological polar surface area (TPSA) is 81.9 Å². The second kappa shape index (κ2) is 9.13. The molecule has 0 aliphatic heterocycles. The van der Waals surface area contributed by atoms with E-state index in [0.29, 0.717) is 24.2 Å². The predicted molar refractivity (Wildman–Crippen MR) is 142 cm³/mol. The minimum atomic E-state index is -3.67. The van der Waals surface area contributed by atoms with Gasteiger partial charge in [-0.25, -0.2) is 17.8 Å². The van der Waals surface area contributed by atoms with Crippen molar-refractivity contribution in [1.82, 2.24) is 14.5 Å². The molecule has 2 atom stereocenters. The SMILES string of the molecule is Cc1cccc(S(=O)(=O)[C@H]2CCC3=Cc4c(ncn4-c4ccc(F)cc4)C[C@]3(C(=O)c3ccccn3)C2)c1. The number of halogens is 1. The fourth-order valence-electron chi connectivity index (χ4n) is 5.83. The fourth-order valence-corrected chi connectivity index (χ4v) is 7.76. The minimum Gasteiger partial charge on any atom is -0.299 e. The minimum absolute atomic E-state index is 0.160. The largest absolute Gasteiger partial charge is 0.299 e. The van der Waals surface area contributed by atoms with E-state index in [2.05, 4.69) is 9.97 Å². The zero-order chi connectivity index (χ0) is 26.5. The van der Waals surface area contributed by atoms with E-state index in [1.165, 1.54) is 12.1 Å². The number of rotatable bonds is 5. The van der Waals surface area contributed by atoms with Crippen molar-refractivity contribution >= 4 is 21.7 Å². The maximum absolute atomic E-state index is 14.2. The number of pyridine rings is 1. The van der Waals surface area contributed by atoms with Crippen LogP contribution in [0.1, 0.15) is 46.7 Å². The Morgan fingerprint density at radius 3 is 2.61 bits per heavy atom. The Kier molecular flexibility index (Phi) is 5.87. The summed E-state index contributed by atoms with van der Waals surface area (Å²) in [5.41, 5.74) is 3.30. The molecule has 4 aromatic rings. The Balaban J connectivity index is 1.45. The first-order valence-electron chi connectivity index (χ1n) is 12.6. The number of aromatic nitrogens is 3. The molecule has 38 heavy (non-hydrogen) atoms. The number of imidazole rings is 1. The van der Waals surface area contributed by atoms with Crippen LogP contribution in [0.3, 0.4) is 0 Å². The molecule has 192 valence electrons. The van der Waals surface area contributed by atoms with Gasteiger partial charge in [-0.1, -0.05) is 23.8 Å². The summed E-state index contributed by atoms with van der Waals surface area (Å²) in [5, 5.41) is -0.713. The summed E-state index contributed by atoms with van der Waals surface area (Å²) >= 11 is 0. The number of hydrogen-bond acceptors (Lipinski definition) is 5. The lowest BCUT2D eigenvalue weighted by Gasteiger charge is -2.43. The molecule has 0 saturated heterocycles. The summed E-state index contributed by atoms with van der Waals surface area (Å²) in [5.74, 6) is -0.510. The van der Waals surface area contributed by atoms with Gasteiger partial charge in [0.25, 0.3) is 0 Å². The third kappa shape index (κ3) is 4.00. The van der Waals surface area contributed by atoms with Crippen LogP contribution in [0.2, 0.25) is 0 Å². The number of ketones is 1. The molecule has 2 aliphatic carbocycles. The highest BCUT2D eigenvalue weighted by molar-refractivity contribution is 7.92. The van der Waals surface area contributed by atoms with Crippen molar-refractivity contribution < 1.29 is 17.6 Å². The van der Waals surface area contributed by atoms with Crippen LogP contribution >= 0.6 is 0 Å². The van der Waals surface area contributed by atoms with Gasteiger partial charge in [0.2, 0.25) is 0 Å². The molecule has 0 N–H and O–H groups in total. The first-order chi connectivity index (χ1) is 18.3. The number of hydrogen-bond donors (Lipinski definition) is 0. The molecule has 6 rings (SSSR count). The van der Waals surface area contributed by atoms with E-state index in [4.69, 9.17) is 0 Å². The summed E-state index contributed by atoms with van der Waals surface area (Å²) in [6, 6.07) is 18.3. The van der Waals surface area contributed by atoms with Gasteiger partial charge in [0, 0.05) is 18.3 Å². The van der Waals surface area contributed by atoms with Gasteiger partial charge in [0.15, 0.2) is 15.6 Å². The lowest BCUT2D eigenvalue weighted by molar-refractivity contribution is 0.0795. The number of carbonyl (C=O) groups excluding carboxylic acids is 1. The number of aryl methyl sites for hydroxylation is 1. The maximum atomic E-state index is 14.2. The van der Waals surface area contributed by atoms with Crippen LogP contribution in [0.4, 0.5) is 4.39 Å². The molecule has 2 aromatic carbocycles. The molecule has 0 bridgehead atoms. The molecule has 2 aliphatic rings. The van der Waals surface area contributed by atoms with Gasteiger partial charge in [-0.3, -0.25) is 14.3 Å². The monoisotopic (exact) mass is 527 g/mol. The molecule has 8 heteroatoms. The van der Waals surface area contributed by atoms with E-state index < -0.39 is 20.5 Å². The van der Waals surface area contributed by atoms with Crippen LogP contribution in [0.15, 0.2) is 89.7 Å². The van der Waals surface area contributed by atoms with E-state index in [1.54, 1.807) is 61.1 Å². The number of carbonyl (C=O) groups is 1. The maximum Gasteiger partial charge on any atom is 0.191 e. The highest BCUT2D eigenvalue weighted by Gasteiger charge is 2.52. The lowest BCUT2D eigenvalue weighted by atomic mass is 9.62. The second-order valence-corrected chi connectivity index (χ2v) is 12.3. The summed E-state index contributed by atoms with van der Waals surface area (Å²) < 4.78 is 43.0. The highest BCUT2D eigenvalue weighted by atomic mass is 32.2. The summed E-state index contributed by atoms with van der Waals surface area (Å²) in [7, 11) is -3.67. The molecular formula is C30H26FN3O3S. The Morgan fingerprint density at radius 1 is 1.05 bits per heavy atom. The van der Waals surface area contributed by atoms with Gasteiger partial charge in [-0.05, 0) is 86.4 Å². The van der Waals surface area contributed by atoms with Crippen molar-refractivity contribution in [2.75, 3.05) is 0 Å². The predicted octanol–water partition coefficient (Wildman–Crippen LogP) is 5.55. The molecular weight excluding hydrogens is 501 g/mol. The van der Waals surface area contributed by atoms with E-state index in [1.807, 2.05) is 23.6 Å². The molecule has 6 nitrogen and oxygen atoms in total. The molecule has 1 saturated carbocycles. The van der Waals surface area contributed by atoms with Crippen molar-refractivity contribution in [1.29, 1.82) is 0 Å². The third-order valence-corrected chi connectivity index (χ3v) is 9.98. The summed E-state index contributed by atoms with van der Waals surface area (Å²) in [6.07, 6.45) is 6.54. The van der Waals surface area contributed by atoms with Crippen LogP contribution in [-0.4, -0.2) is 34.0 Å². The van der Waals surface area contributed by atoms with Crippen molar-refractivity contribution in [2.24, 2.45) is 5.41 Å². The number of sulfone groups is 1. The van der Waals surface area contributed by atoms with E-state index in [9.17, 15) is 17.6 Å². The average molecular weight is 528 g/mol. The number of Topliss-reactive ketones (excluding diaryl/α,β-unsaturated/α-hetero) is 1. The third-order valence-electron chi connectivity index (χ3n) is 7.78. The normalized spacial score (nSPS) is 20.8. The molecule has 0 amide bonds. The number of benzene rings is 2. The van der Waals surface area contributed by atoms with Crippen LogP contribution in [0.25, 0.3) is 11.8 Å². The zero-order valence-electron chi connectivity index (χ0n) is 20.8. The molecule has 2 heterocycles. The van der Waals surface area contributed by atoms with Crippen molar-refractivity contribution in [2.45, 2.75) is 42.8 Å². The van der Waals surface area contributed by atoms with Gasteiger partial charge in [-0.15, -0.1) is 0 Å². The van der Waals surface area contributed by atoms with Gasteiger partial charge < -0.3 is 0 Å². The second-order valence-electron chi connectivity index (χ2n) is 10.1. The van der Waals surface area contributed by atoms with E-state index >= 15 is 0 Å². The molecule has 0 radical (unpaired) electrons. The molecule has 0 unspecified atom stereocenters. The number of allylic oxidation sites excluding steroid dienone is 1. The highest BCUT2D eigenvalue weighted by Crippen LogP contribution is 2.51. The standard InChI is InChI=1S/C30H26FN3O3S/c1-20-5-4-6-24(15-20)38(36,37)25-13-8-21-16-28-27(33-19-34(28)23-11-9-22(31)10-12-23)18-30(21,17-25)29(35)26-7-2-3-14-32-26/h2-7,9-12,14-16,19,25H,8,13,17-18H2,1H3/t25-,30+/m0/s1. The van der Waals surface area contributed by atoms with Crippen LogP contribution < -0.4 is 0 Å². The number of fused-ring (bicyclic) bond motifs is 2. The summed E-state index contributed by atoms with van der Waals surface area (Å²) in [6.45, 7) is 1.87. The lowest BCUT2D eigenvalue weighted by Crippen LogP contribution is -2.46. The van der Waals surface area contributed by atoms with Crippen molar-refractivity contribution in [3.63, 3.8) is 0 Å². The van der Waals surface area contributed by atoms with Gasteiger partial charge >= 0.3 is 0 Å².